The van der Waals surface area contributed by atoms with E-state index < -0.39 is 0 Å². The number of ether oxygens (including phenoxy) is 2. The van der Waals surface area contributed by atoms with E-state index in [1.807, 2.05) is 36.4 Å². The number of furan rings is 1. The van der Waals surface area contributed by atoms with Crippen molar-refractivity contribution >= 4 is 11.8 Å². The molecule has 27 heavy (non-hydrogen) atoms. The van der Waals surface area contributed by atoms with Gasteiger partial charge in [0.05, 0.1) is 26.0 Å². The third-order valence-electron chi connectivity index (χ3n) is 4.61. The van der Waals surface area contributed by atoms with Gasteiger partial charge in [0.15, 0.2) is 11.0 Å². The van der Waals surface area contributed by atoms with Crippen molar-refractivity contribution in [2.45, 2.75) is 37.1 Å². The van der Waals surface area contributed by atoms with Gasteiger partial charge in [0.2, 0.25) is 0 Å². The first-order chi connectivity index (χ1) is 13.3. The number of methoxy groups -OCH3 is 1. The van der Waals surface area contributed by atoms with Crippen molar-refractivity contribution in [2.75, 3.05) is 19.5 Å². The van der Waals surface area contributed by atoms with Crippen LogP contribution in [0.15, 0.2) is 52.2 Å². The molecule has 0 radical (unpaired) electrons. The molecule has 1 fully saturated rings. The van der Waals surface area contributed by atoms with Gasteiger partial charge < -0.3 is 13.9 Å². The molecule has 3 aromatic rings. The van der Waals surface area contributed by atoms with Crippen LogP contribution in [0.4, 0.5) is 0 Å². The maximum atomic E-state index is 5.85. The van der Waals surface area contributed by atoms with Crippen LogP contribution in [-0.4, -0.2) is 40.3 Å². The molecule has 1 atom stereocenters. The van der Waals surface area contributed by atoms with Gasteiger partial charge in [-0.05, 0) is 43.5 Å². The van der Waals surface area contributed by atoms with Crippen molar-refractivity contribution in [1.29, 1.82) is 0 Å². The molecule has 3 heterocycles. The molecule has 0 saturated carbocycles. The molecule has 0 spiro atoms. The summed E-state index contributed by atoms with van der Waals surface area (Å²) in [5.74, 6) is 3.35. The van der Waals surface area contributed by atoms with Crippen molar-refractivity contribution in [2.24, 2.45) is 0 Å². The maximum Gasteiger partial charge on any atom is 0.192 e. The summed E-state index contributed by atoms with van der Waals surface area (Å²) < 4.78 is 18.9. The zero-order chi connectivity index (χ0) is 18.5. The van der Waals surface area contributed by atoms with E-state index >= 15 is 0 Å². The van der Waals surface area contributed by atoms with E-state index in [1.165, 1.54) is 6.42 Å². The molecule has 142 valence electrons. The van der Waals surface area contributed by atoms with E-state index in [0.717, 1.165) is 53.3 Å². The number of thioether (sulfide) groups is 1. The summed E-state index contributed by atoms with van der Waals surface area (Å²) in [6.45, 7) is 1.44. The highest BCUT2D eigenvalue weighted by Gasteiger charge is 2.19. The fourth-order valence-electron chi connectivity index (χ4n) is 3.18. The molecule has 0 bridgehead atoms. The predicted molar refractivity (Wildman–Crippen MR) is 104 cm³/mol. The molecule has 2 aromatic heterocycles. The minimum absolute atomic E-state index is 0.290. The van der Waals surface area contributed by atoms with Crippen LogP contribution in [0.3, 0.4) is 0 Å². The standard InChI is InChI=1S/C20H23N3O3S/c1-24-16-8-4-6-15(12-16)19-21-22-20(23(19)13-17-9-5-11-25-17)27-14-18-7-2-3-10-26-18/h4-6,8-9,11-12,18H,2-3,7,10,13-14H2,1H3/t18-/m0/s1. The minimum Gasteiger partial charge on any atom is -0.497 e. The first-order valence-corrected chi connectivity index (χ1v) is 10.2. The Morgan fingerprint density at radius 1 is 1.22 bits per heavy atom. The predicted octanol–water partition coefficient (Wildman–Crippen LogP) is 4.26. The number of hydrogen-bond donors (Lipinski definition) is 0. The average molecular weight is 385 g/mol. The first kappa shape index (κ1) is 18.1. The maximum absolute atomic E-state index is 5.85. The van der Waals surface area contributed by atoms with Crippen molar-refractivity contribution in [1.82, 2.24) is 14.8 Å². The molecule has 0 N–H and O–H groups in total. The van der Waals surface area contributed by atoms with Crippen molar-refractivity contribution in [3.05, 3.63) is 48.4 Å². The van der Waals surface area contributed by atoms with Gasteiger partial charge in [-0.15, -0.1) is 10.2 Å². The molecule has 1 saturated heterocycles. The molecule has 4 rings (SSSR count). The number of aromatic nitrogens is 3. The normalized spacial score (nSPS) is 17.1. The molecular weight excluding hydrogens is 362 g/mol. The van der Waals surface area contributed by atoms with E-state index in [9.17, 15) is 0 Å². The summed E-state index contributed by atoms with van der Waals surface area (Å²) in [4.78, 5) is 0. The van der Waals surface area contributed by atoms with Gasteiger partial charge in [-0.2, -0.15) is 0 Å². The Balaban J connectivity index is 1.60. The van der Waals surface area contributed by atoms with Gasteiger partial charge in [-0.1, -0.05) is 23.9 Å². The van der Waals surface area contributed by atoms with Gasteiger partial charge in [-0.3, -0.25) is 4.57 Å². The Morgan fingerprint density at radius 3 is 2.96 bits per heavy atom. The second-order valence-corrected chi connectivity index (χ2v) is 7.49. The van der Waals surface area contributed by atoms with Crippen LogP contribution < -0.4 is 4.74 Å². The summed E-state index contributed by atoms with van der Waals surface area (Å²) in [6, 6.07) is 11.7. The van der Waals surface area contributed by atoms with E-state index in [2.05, 4.69) is 14.8 Å². The molecule has 0 aliphatic carbocycles. The lowest BCUT2D eigenvalue weighted by Crippen LogP contribution is -2.21. The molecular formula is C20H23N3O3S. The minimum atomic E-state index is 0.290. The van der Waals surface area contributed by atoms with E-state index in [0.29, 0.717) is 6.54 Å². The van der Waals surface area contributed by atoms with Gasteiger partial charge in [0, 0.05) is 17.9 Å². The third-order valence-corrected chi connectivity index (χ3v) is 5.71. The Morgan fingerprint density at radius 2 is 2.19 bits per heavy atom. The Kier molecular flexibility index (Phi) is 5.79. The first-order valence-electron chi connectivity index (χ1n) is 9.18. The smallest absolute Gasteiger partial charge is 0.192 e. The second kappa shape index (κ2) is 8.63. The SMILES string of the molecule is COc1cccc(-c2nnc(SC[C@@H]3CCCCO3)n2Cc2ccco2)c1. The highest BCUT2D eigenvalue weighted by atomic mass is 32.2. The summed E-state index contributed by atoms with van der Waals surface area (Å²) in [5.41, 5.74) is 0.967. The third kappa shape index (κ3) is 4.36. The highest BCUT2D eigenvalue weighted by molar-refractivity contribution is 7.99. The molecule has 1 aliphatic heterocycles. The zero-order valence-corrected chi connectivity index (χ0v) is 16.2. The Hall–Kier alpha value is -2.25. The van der Waals surface area contributed by atoms with Crippen LogP contribution in [0.25, 0.3) is 11.4 Å². The lowest BCUT2D eigenvalue weighted by molar-refractivity contribution is 0.0315. The number of rotatable bonds is 7. The average Bonchev–Trinajstić information content (AvgIpc) is 3.38. The Labute approximate surface area is 162 Å². The number of benzene rings is 1. The topological polar surface area (TPSA) is 62.3 Å². The van der Waals surface area contributed by atoms with Gasteiger partial charge in [0.1, 0.15) is 11.5 Å². The van der Waals surface area contributed by atoms with E-state index in [1.54, 1.807) is 25.1 Å². The summed E-state index contributed by atoms with van der Waals surface area (Å²) in [7, 11) is 1.66. The molecule has 7 heteroatoms. The van der Waals surface area contributed by atoms with Crippen molar-refractivity contribution in [3.8, 4) is 17.1 Å². The largest absolute Gasteiger partial charge is 0.497 e. The van der Waals surface area contributed by atoms with Crippen molar-refractivity contribution in [3.63, 3.8) is 0 Å². The van der Waals surface area contributed by atoms with E-state index in [-0.39, 0.29) is 6.10 Å². The fraction of sp³-hybridized carbons (Fsp3) is 0.400. The highest BCUT2D eigenvalue weighted by Crippen LogP contribution is 2.29. The molecule has 1 aliphatic rings. The lowest BCUT2D eigenvalue weighted by atomic mass is 10.1. The number of hydrogen-bond acceptors (Lipinski definition) is 6. The van der Waals surface area contributed by atoms with Crippen LogP contribution in [0, 0.1) is 0 Å². The summed E-state index contributed by atoms with van der Waals surface area (Å²) in [6.07, 6.45) is 5.49. The molecule has 0 unspecified atom stereocenters. The van der Waals surface area contributed by atoms with Crippen LogP contribution in [0.5, 0.6) is 5.75 Å². The van der Waals surface area contributed by atoms with Gasteiger partial charge in [0.25, 0.3) is 0 Å². The molecule has 6 nitrogen and oxygen atoms in total. The second-order valence-electron chi connectivity index (χ2n) is 6.50. The van der Waals surface area contributed by atoms with Gasteiger partial charge >= 0.3 is 0 Å². The van der Waals surface area contributed by atoms with Crippen LogP contribution >= 0.6 is 11.8 Å². The molecule has 0 amide bonds. The zero-order valence-electron chi connectivity index (χ0n) is 15.3. The molecule has 1 aromatic carbocycles. The van der Waals surface area contributed by atoms with E-state index in [4.69, 9.17) is 13.9 Å². The Bertz CT molecular complexity index is 857. The summed E-state index contributed by atoms with van der Waals surface area (Å²) >= 11 is 1.69. The monoisotopic (exact) mass is 385 g/mol. The van der Waals surface area contributed by atoms with Crippen LogP contribution in [0.2, 0.25) is 0 Å². The summed E-state index contributed by atoms with van der Waals surface area (Å²) in [5, 5.41) is 9.78. The van der Waals surface area contributed by atoms with Crippen LogP contribution in [-0.2, 0) is 11.3 Å². The fourth-order valence-corrected chi connectivity index (χ4v) is 4.18. The van der Waals surface area contributed by atoms with Crippen LogP contribution in [0.1, 0.15) is 25.0 Å². The number of nitrogens with zero attached hydrogens (tertiary/aromatic N) is 3. The lowest BCUT2D eigenvalue weighted by Gasteiger charge is -2.21. The van der Waals surface area contributed by atoms with Crippen molar-refractivity contribution < 1.29 is 13.9 Å². The van der Waals surface area contributed by atoms with Gasteiger partial charge in [-0.25, -0.2) is 0 Å². The quantitative estimate of drug-likeness (QED) is 0.567.